The number of amides is 1. The Kier molecular flexibility index (Phi) is 3.10. The number of carboxylic acid groups (broad SMARTS) is 1. The Bertz CT molecular complexity index is 467. The van der Waals surface area contributed by atoms with Crippen molar-refractivity contribution in [3.05, 3.63) is 29.3 Å². The molecule has 0 aliphatic carbocycles. The first kappa shape index (κ1) is 11.6. The molecule has 1 amide bonds. The third-order valence-corrected chi connectivity index (χ3v) is 2.82. The van der Waals surface area contributed by atoms with Crippen LogP contribution in [0, 0.1) is 12.8 Å². The van der Waals surface area contributed by atoms with Crippen LogP contribution in [0.1, 0.15) is 15.9 Å². The van der Waals surface area contributed by atoms with Crippen LogP contribution in [0.25, 0.3) is 0 Å². The minimum atomic E-state index is -1.03. The summed E-state index contributed by atoms with van der Waals surface area (Å²) in [6.07, 6.45) is 0. The Morgan fingerprint density at radius 1 is 1.41 bits per heavy atom. The van der Waals surface area contributed by atoms with Crippen molar-refractivity contribution in [1.29, 1.82) is 0 Å². The Hall–Kier alpha value is -1.88. The molecule has 0 spiro atoms. The zero-order valence-corrected chi connectivity index (χ0v) is 9.49. The summed E-state index contributed by atoms with van der Waals surface area (Å²) in [7, 11) is 0. The average molecular weight is 234 g/mol. The van der Waals surface area contributed by atoms with Gasteiger partial charge in [-0.1, -0.05) is 11.6 Å². The molecule has 1 fully saturated rings. The molecular formula is C12H14N2O3. The highest BCUT2D eigenvalue weighted by Crippen LogP contribution is 2.19. The van der Waals surface area contributed by atoms with E-state index in [0.29, 0.717) is 18.8 Å². The molecule has 17 heavy (non-hydrogen) atoms. The number of rotatable bonds is 3. The fourth-order valence-corrected chi connectivity index (χ4v) is 1.65. The van der Waals surface area contributed by atoms with E-state index in [0.717, 1.165) is 5.56 Å². The van der Waals surface area contributed by atoms with E-state index in [9.17, 15) is 9.59 Å². The lowest BCUT2D eigenvalue weighted by Gasteiger charge is -2.26. The van der Waals surface area contributed by atoms with Gasteiger partial charge in [0.15, 0.2) is 0 Å². The average Bonchev–Trinajstić information content (AvgIpc) is 2.17. The normalized spacial score (nSPS) is 15.1. The van der Waals surface area contributed by atoms with Gasteiger partial charge in [0.25, 0.3) is 0 Å². The largest absolute Gasteiger partial charge is 0.478 e. The van der Waals surface area contributed by atoms with Gasteiger partial charge in [-0.15, -0.1) is 0 Å². The number of aromatic carboxylic acids is 1. The lowest BCUT2D eigenvalue weighted by atomic mass is 10.0. The summed E-state index contributed by atoms with van der Waals surface area (Å²) in [6.45, 7) is 3.12. The number of hydrogen-bond donors (Lipinski definition) is 3. The Morgan fingerprint density at radius 2 is 2.12 bits per heavy atom. The first-order valence-corrected chi connectivity index (χ1v) is 5.43. The molecule has 0 aromatic heterocycles. The molecule has 2 rings (SSSR count). The van der Waals surface area contributed by atoms with Gasteiger partial charge in [-0.2, -0.15) is 0 Å². The van der Waals surface area contributed by atoms with Crippen LogP contribution in [0.5, 0.6) is 0 Å². The van der Waals surface area contributed by atoms with Crippen LogP contribution >= 0.6 is 0 Å². The number of aryl methyl sites for hydroxylation is 1. The summed E-state index contributed by atoms with van der Waals surface area (Å²) in [5, 5.41) is 14.7. The summed E-state index contributed by atoms with van der Waals surface area (Å²) < 4.78 is 0. The fourth-order valence-electron chi connectivity index (χ4n) is 1.65. The number of benzene rings is 1. The molecule has 1 aromatic rings. The van der Waals surface area contributed by atoms with Crippen molar-refractivity contribution in [2.24, 2.45) is 5.92 Å². The molecule has 0 saturated carbocycles. The van der Waals surface area contributed by atoms with Crippen LogP contribution in [0.4, 0.5) is 5.69 Å². The van der Waals surface area contributed by atoms with E-state index in [1.807, 2.05) is 6.92 Å². The highest BCUT2D eigenvalue weighted by atomic mass is 16.4. The van der Waals surface area contributed by atoms with E-state index >= 15 is 0 Å². The van der Waals surface area contributed by atoms with Gasteiger partial charge in [0.05, 0.1) is 17.2 Å². The first-order valence-electron chi connectivity index (χ1n) is 5.43. The molecule has 0 unspecified atom stereocenters. The molecule has 5 nitrogen and oxygen atoms in total. The lowest BCUT2D eigenvalue weighted by molar-refractivity contribution is -0.121. The van der Waals surface area contributed by atoms with Crippen molar-refractivity contribution >= 4 is 17.6 Å². The van der Waals surface area contributed by atoms with Gasteiger partial charge in [0.2, 0.25) is 5.91 Å². The zero-order chi connectivity index (χ0) is 12.4. The maximum absolute atomic E-state index is 11.7. The van der Waals surface area contributed by atoms with Gasteiger partial charge >= 0.3 is 5.97 Å². The molecule has 5 heteroatoms. The van der Waals surface area contributed by atoms with Crippen LogP contribution < -0.4 is 10.6 Å². The summed E-state index contributed by atoms with van der Waals surface area (Å²) in [5.41, 5.74) is 1.34. The molecule has 90 valence electrons. The van der Waals surface area contributed by atoms with Crippen LogP contribution in [0.15, 0.2) is 18.2 Å². The number of anilines is 1. The monoisotopic (exact) mass is 234 g/mol. The summed E-state index contributed by atoms with van der Waals surface area (Å²) >= 11 is 0. The highest BCUT2D eigenvalue weighted by Gasteiger charge is 2.25. The van der Waals surface area contributed by atoms with Crippen LogP contribution in [0.2, 0.25) is 0 Å². The van der Waals surface area contributed by atoms with Gasteiger partial charge in [-0.25, -0.2) is 4.79 Å². The van der Waals surface area contributed by atoms with Crippen LogP contribution in [-0.2, 0) is 4.79 Å². The molecule has 1 aliphatic heterocycles. The van der Waals surface area contributed by atoms with Crippen molar-refractivity contribution in [2.75, 3.05) is 18.4 Å². The zero-order valence-electron chi connectivity index (χ0n) is 9.49. The number of carboxylic acids is 1. The van der Waals surface area contributed by atoms with E-state index in [-0.39, 0.29) is 17.4 Å². The molecule has 1 heterocycles. The van der Waals surface area contributed by atoms with E-state index in [1.165, 1.54) is 0 Å². The molecule has 3 N–H and O–H groups in total. The fraction of sp³-hybridized carbons (Fsp3) is 0.333. The third-order valence-electron chi connectivity index (χ3n) is 2.82. The molecule has 0 bridgehead atoms. The predicted octanol–water partition coefficient (Wildman–Crippen LogP) is 0.851. The van der Waals surface area contributed by atoms with E-state index in [2.05, 4.69) is 10.6 Å². The SMILES string of the molecule is Cc1ccc(NC(=O)C2CNC2)c(C(=O)O)c1. The van der Waals surface area contributed by atoms with Crippen molar-refractivity contribution in [1.82, 2.24) is 5.32 Å². The van der Waals surface area contributed by atoms with Gasteiger partial charge in [0, 0.05) is 13.1 Å². The topological polar surface area (TPSA) is 78.4 Å². The second-order valence-corrected chi connectivity index (χ2v) is 4.20. The minimum Gasteiger partial charge on any atom is -0.478 e. The first-order chi connectivity index (χ1) is 8.08. The van der Waals surface area contributed by atoms with Crippen molar-refractivity contribution in [3.8, 4) is 0 Å². The molecule has 1 aromatic carbocycles. The molecular weight excluding hydrogens is 220 g/mol. The Morgan fingerprint density at radius 3 is 2.65 bits per heavy atom. The molecule has 1 aliphatic rings. The standard InChI is InChI=1S/C12H14N2O3/c1-7-2-3-10(9(4-7)12(16)17)14-11(15)8-5-13-6-8/h2-4,8,13H,5-6H2,1H3,(H,14,15)(H,16,17). The molecule has 1 saturated heterocycles. The van der Waals surface area contributed by atoms with E-state index < -0.39 is 5.97 Å². The number of carbonyl (C=O) groups excluding carboxylic acids is 1. The number of carbonyl (C=O) groups is 2. The quantitative estimate of drug-likeness (QED) is 0.724. The van der Waals surface area contributed by atoms with Crippen molar-refractivity contribution in [2.45, 2.75) is 6.92 Å². The van der Waals surface area contributed by atoms with Gasteiger partial charge in [0.1, 0.15) is 0 Å². The van der Waals surface area contributed by atoms with Gasteiger partial charge in [-0.05, 0) is 19.1 Å². The number of hydrogen-bond acceptors (Lipinski definition) is 3. The summed E-state index contributed by atoms with van der Waals surface area (Å²) in [4.78, 5) is 22.8. The summed E-state index contributed by atoms with van der Waals surface area (Å²) in [5.74, 6) is -1.22. The lowest BCUT2D eigenvalue weighted by Crippen LogP contribution is -2.48. The van der Waals surface area contributed by atoms with Crippen LogP contribution in [-0.4, -0.2) is 30.1 Å². The minimum absolute atomic E-state index is 0.0575. The van der Waals surface area contributed by atoms with E-state index in [1.54, 1.807) is 18.2 Å². The second-order valence-electron chi connectivity index (χ2n) is 4.20. The van der Waals surface area contributed by atoms with Crippen LogP contribution in [0.3, 0.4) is 0 Å². The Balaban J connectivity index is 2.19. The third kappa shape index (κ3) is 2.45. The summed E-state index contributed by atoms with van der Waals surface area (Å²) in [6, 6.07) is 4.96. The van der Waals surface area contributed by atoms with Gasteiger partial charge in [-0.3, -0.25) is 4.79 Å². The number of nitrogens with one attached hydrogen (secondary N) is 2. The van der Waals surface area contributed by atoms with E-state index in [4.69, 9.17) is 5.11 Å². The maximum atomic E-state index is 11.7. The van der Waals surface area contributed by atoms with Crippen molar-refractivity contribution < 1.29 is 14.7 Å². The maximum Gasteiger partial charge on any atom is 0.337 e. The molecule has 0 atom stereocenters. The van der Waals surface area contributed by atoms with Gasteiger partial charge < -0.3 is 15.7 Å². The predicted molar refractivity (Wildman–Crippen MR) is 63.1 cm³/mol. The second kappa shape index (κ2) is 4.55. The smallest absolute Gasteiger partial charge is 0.337 e. The van der Waals surface area contributed by atoms with Crippen molar-refractivity contribution in [3.63, 3.8) is 0 Å². The highest BCUT2D eigenvalue weighted by molar-refractivity contribution is 6.01. The molecule has 0 radical (unpaired) electrons. The Labute approximate surface area is 98.8 Å².